The van der Waals surface area contributed by atoms with Crippen LogP contribution in [-0.2, 0) is 0 Å². The molecule has 0 radical (unpaired) electrons. The normalized spacial score (nSPS) is 16.3. The molecule has 1 fully saturated rings. The van der Waals surface area contributed by atoms with Crippen LogP contribution in [0.2, 0.25) is 0 Å². The summed E-state index contributed by atoms with van der Waals surface area (Å²) in [6, 6.07) is 6.07. The van der Waals surface area contributed by atoms with Gasteiger partial charge in [-0.25, -0.2) is 0 Å². The zero-order valence-corrected chi connectivity index (χ0v) is 13.2. The Bertz CT molecular complexity index is 479. The predicted molar refractivity (Wildman–Crippen MR) is 88.8 cm³/mol. The lowest BCUT2D eigenvalue weighted by Crippen LogP contribution is -2.34. The minimum atomic E-state index is -0.0204. The van der Waals surface area contributed by atoms with E-state index < -0.39 is 0 Å². The van der Waals surface area contributed by atoms with Crippen molar-refractivity contribution in [2.24, 2.45) is 0 Å². The van der Waals surface area contributed by atoms with Gasteiger partial charge in [-0.1, -0.05) is 25.7 Å². The average Bonchev–Trinajstić information content (AvgIpc) is 2.75. The van der Waals surface area contributed by atoms with Gasteiger partial charge in [-0.15, -0.1) is 0 Å². The van der Waals surface area contributed by atoms with Crippen molar-refractivity contribution in [3.63, 3.8) is 0 Å². The number of nitrogen functional groups attached to an aromatic ring is 1. The van der Waals surface area contributed by atoms with Crippen LogP contribution in [0.1, 0.15) is 55.8 Å². The molecular weight excluding hydrogens is 262 g/mol. The minimum Gasteiger partial charge on any atom is -0.399 e. The van der Waals surface area contributed by atoms with Gasteiger partial charge in [0.1, 0.15) is 0 Å². The molecule has 0 aliphatic heterocycles. The summed E-state index contributed by atoms with van der Waals surface area (Å²) in [5.41, 5.74) is 8.32. The number of hydrogen-bond acceptors (Lipinski definition) is 3. The summed E-state index contributed by atoms with van der Waals surface area (Å²) in [6.07, 6.45) is 7.58. The molecule has 1 aliphatic rings. The molecule has 21 heavy (non-hydrogen) atoms. The second-order valence-electron chi connectivity index (χ2n) is 5.89. The number of nitrogens with one attached hydrogen (secondary N) is 1. The molecule has 116 valence electrons. The Labute approximate surface area is 127 Å². The smallest absolute Gasteiger partial charge is 0.253 e. The largest absolute Gasteiger partial charge is 0.399 e. The van der Waals surface area contributed by atoms with Gasteiger partial charge in [0, 0.05) is 25.3 Å². The first-order valence-electron chi connectivity index (χ1n) is 8.04. The molecular formula is C17H27N3O. The first-order chi connectivity index (χ1) is 10.1. The topological polar surface area (TPSA) is 58.4 Å². The van der Waals surface area contributed by atoms with Gasteiger partial charge in [0.05, 0.1) is 11.3 Å². The van der Waals surface area contributed by atoms with Gasteiger partial charge < -0.3 is 16.0 Å². The van der Waals surface area contributed by atoms with Gasteiger partial charge >= 0.3 is 0 Å². The Morgan fingerprint density at radius 2 is 1.95 bits per heavy atom. The lowest BCUT2D eigenvalue weighted by atomic mass is 10.0. The first kappa shape index (κ1) is 15.7. The maximum atomic E-state index is 12.3. The number of hydrogen-bond donors (Lipinski definition) is 2. The summed E-state index contributed by atoms with van der Waals surface area (Å²) >= 11 is 0. The van der Waals surface area contributed by atoms with Crippen molar-refractivity contribution in [1.82, 2.24) is 5.32 Å². The van der Waals surface area contributed by atoms with E-state index in [2.05, 4.69) is 17.3 Å². The molecule has 1 aromatic rings. The standard InChI is InChI=1S/C17H27N3O/c1-3-19-17(21)15-11-10-13(18)12-16(15)20(2)14-8-6-4-5-7-9-14/h10-12,14H,3-9,18H2,1-2H3,(H,19,21). The second kappa shape index (κ2) is 7.34. The highest BCUT2D eigenvalue weighted by molar-refractivity contribution is 6.00. The van der Waals surface area contributed by atoms with E-state index in [0.29, 0.717) is 18.3 Å². The summed E-state index contributed by atoms with van der Waals surface area (Å²) in [6.45, 7) is 2.57. The van der Waals surface area contributed by atoms with Crippen molar-refractivity contribution in [3.05, 3.63) is 23.8 Å². The van der Waals surface area contributed by atoms with Crippen molar-refractivity contribution < 1.29 is 4.79 Å². The Morgan fingerprint density at radius 3 is 2.57 bits per heavy atom. The maximum Gasteiger partial charge on any atom is 0.253 e. The highest BCUT2D eigenvalue weighted by Gasteiger charge is 2.21. The van der Waals surface area contributed by atoms with Crippen LogP contribution in [0, 0.1) is 0 Å². The SMILES string of the molecule is CCNC(=O)c1ccc(N)cc1N(C)C1CCCCCC1. The molecule has 0 saturated heterocycles. The van der Waals surface area contributed by atoms with E-state index in [-0.39, 0.29) is 5.91 Å². The van der Waals surface area contributed by atoms with E-state index in [0.717, 1.165) is 11.3 Å². The number of carbonyl (C=O) groups is 1. The molecule has 1 saturated carbocycles. The molecule has 0 spiro atoms. The monoisotopic (exact) mass is 289 g/mol. The first-order valence-corrected chi connectivity index (χ1v) is 8.04. The van der Waals surface area contributed by atoms with Crippen LogP contribution in [0.5, 0.6) is 0 Å². The lowest BCUT2D eigenvalue weighted by Gasteiger charge is -2.31. The van der Waals surface area contributed by atoms with Crippen LogP contribution in [0.4, 0.5) is 11.4 Å². The van der Waals surface area contributed by atoms with Crippen LogP contribution < -0.4 is 16.0 Å². The molecule has 4 heteroatoms. The fraction of sp³-hybridized carbons (Fsp3) is 0.588. The zero-order chi connectivity index (χ0) is 15.2. The van der Waals surface area contributed by atoms with E-state index in [1.54, 1.807) is 6.07 Å². The Kier molecular flexibility index (Phi) is 5.48. The quantitative estimate of drug-likeness (QED) is 0.661. The van der Waals surface area contributed by atoms with Crippen LogP contribution in [0.15, 0.2) is 18.2 Å². The zero-order valence-electron chi connectivity index (χ0n) is 13.2. The third-order valence-electron chi connectivity index (χ3n) is 4.36. The predicted octanol–water partition coefficient (Wildman–Crippen LogP) is 3.18. The number of benzene rings is 1. The van der Waals surface area contributed by atoms with E-state index >= 15 is 0 Å². The van der Waals surface area contributed by atoms with Crippen molar-refractivity contribution in [2.75, 3.05) is 24.2 Å². The highest BCUT2D eigenvalue weighted by atomic mass is 16.1. The molecule has 1 amide bonds. The number of nitrogens with zero attached hydrogens (tertiary/aromatic N) is 1. The van der Waals surface area contributed by atoms with Crippen LogP contribution in [-0.4, -0.2) is 25.5 Å². The fourth-order valence-corrected chi connectivity index (χ4v) is 3.13. The van der Waals surface area contributed by atoms with Gasteiger partial charge in [-0.2, -0.15) is 0 Å². The van der Waals surface area contributed by atoms with Crippen LogP contribution in [0.3, 0.4) is 0 Å². The van der Waals surface area contributed by atoms with Crippen LogP contribution in [0.25, 0.3) is 0 Å². The molecule has 3 N–H and O–H groups in total. The third-order valence-corrected chi connectivity index (χ3v) is 4.36. The van der Waals surface area contributed by atoms with E-state index in [1.807, 2.05) is 19.1 Å². The maximum absolute atomic E-state index is 12.3. The van der Waals surface area contributed by atoms with Gasteiger partial charge in [-0.3, -0.25) is 4.79 Å². The Morgan fingerprint density at radius 1 is 1.29 bits per heavy atom. The van der Waals surface area contributed by atoms with Gasteiger partial charge in [0.2, 0.25) is 0 Å². The molecule has 1 aromatic carbocycles. The van der Waals surface area contributed by atoms with E-state index in [1.165, 1.54) is 38.5 Å². The highest BCUT2D eigenvalue weighted by Crippen LogP contribution is 2.29. The number of nitrogens with two attached hydrogens (primary N) is 1. The summed E-state index contributed by atoms with van der Waals surface area (Å²) in [4.78, 5) is 14.5. The molecule has 4 nitrogen and oxygen atoms in total. The van der Waals surface area contributed by atoms with Crippen molar-refractivity contribution >= 4 is 17.3 Å². The summed E-state index contributed by atoms with van der Waals surface area (Å²) in [5.74, 6) is -0.0204. The van der Waals surface area contributed by atoms with Crippen molar-refractivity contribution in [2.45, 2.75) is 51.5 Å². The van der Waals surface area contributed by atoms with Crippen LogP contribution >= 0.6 is 0 Å². The summed E-state index contributed by atoms with van der Waals surface area (Å²) < 4.78 is 0. The number of rotatable bonds is 4. The second-order valence-corrected chi connectivity index (χ2v) is 5.89. The molecule has 2 rings (SSSR count). The molecule has 0 bridgehead atoms. The fourth-order valence-electron chi connectivity index (χ4n) is 3.13. The lowest BCUT2D eigenvalue weighted by molar-refractivity contribution is 0.0956. The van der Waals surface area contributed by atoms with Gasteiger partial charge in [0.25, 0.3) is 5.91 Å². The molecule has 0 atom stereocenters. The summed E-state index contributed by atoms with van der Waals surface area (Å²) in [7, 11) is 2.09. The van der Waals surface area contributed by atoms with Gasteiger partial charge in [-0.05, 0) is 38.0 Å². The molecule has 0 heterocycles. The van der Waals surface area contributed by atoms with E-state index in [9.17, 15) is 4.79 Å². The van der Waals surface area contributed by atoms with Crippen molar-refractivity contribution in [1.29, 1.82) is 0 Å². The number of anilines is 2. The third kappa shape index (κ3) is 3.90. The minimum absolute atomic E-state index is 0.0204. The Hall–Kier alpha value is -1.71. The average molecular weight is 289 g/mol. The number of carbonyl (C=O) groups excluding carboxylic acids is 1. The summed E-state index contributed by atoms with van der Waals surface area (Å²) in [5, 5.41) is 2.89. The molecule has 0 unspecified atom stereocenters. The van der Waals surface area contributed by atoms with Crippen molar-refractivity contribution in [3.8, 4) is 0 Å². The molecule has 1 aliphatic carbocycles. The van der Waals surface area contributed by atoms with E-state index in [4.69, 9.17) is 5.73 Å². The number of amides is 1. The Balaban J connectivity index is 2.27. The molecule has 0 aromatic heterocycles. The van der Waals surface area contributed by atoms with Gasteiger partial charge in [0.15, 0.2) is 0 Å².